The van der Waals surface area contributed by atoms with E-state index in [2.05, 4.69) is 10.6 Å². The average molecular weight is 317 g/mol. The first-order chi connectivity index (χ1) is 11.0. The van der Waals surface area contributed by atoms with Gasteiger partial charge in [0.05, 0.1) is 0 Å². The molecule has 3 atom stereocenters. The molecule has 0 aliphatic heterocycles. The summed E-state index contributed by atoms with van der Waals surface area (Å²) < 4.78 is 0. The molecule has 126 valence electrons. The van der Waals surface area contributed by atoms with Crippen molar-refractivity contribution in [1.82, 2.24) is 10.6 Å². The lowest BCUT2D eigenvalue weighted by Crippen LogP contribution is -2.52. The summed E-state index contributed by atoms with van der Waals surface area (Å²) in [4.78, 5) is 24.8. The molecule has 1 aromatic carbocycles. The van der Waals surface area contributed by atoms with Gasteiger partial charge in [0.15, 0.2) is 0 Å². The van der Waals surface area contributed by atoms with Crippen molar-refractivity contribution in [3.63, 3.8) is 0 Å². The maximum absolute atomic E-state index is 12.5. The lowest BCUT2D eigenvalue weighted by atomic mass is 9.97. The summed E-state index contributed by atoms with van der Waals surface area (Å²) in [6.45, 7) is 4.45. The fourth-order valence-electron chi connectivity index (χ4n) is 2.54. The molecule has 0 aromatic heterocycles. The SMILES string of the molecule is CCC(C)C(NC(=O)c1ccccc1)C(=O)NCC(N)C1CC1. The van der Waals surface area contributed by atoms with Gasteiger partial charge in [-0.2, -0.15) is 0 Å². The zero-order valence-electron chi connectivity index (χ0n) is 13.9. The van der Waals surface area contributed by atoms with Gasteiger partial charge in [-0.15, -0.1) is 0 Å². The molecule has 5 heteroatoms. The Labute approximate surface area is 138 Å². The van der Waals surface area contributed by atoms with Gasteiger partial charge in [0.1, 0.15) is 6.04 Å². The quantitative estimate of drug-likeness (QED) is 0.682. The van der Waals surface area contributed by atoms with Crippen molar-refractivity contribution in [2.45, 2.75) is 45.2 Å². The zero-order valence-corrected chi connectivity index (χ0v) is 13.9. The molecule has 0 bridgehead atoms. The minimum absolute atomic E-state index is 0.0151. The molecule has 23 heavy (non-hydrogen) atoms. The smallest absolute Gasteiger partial charge is 0.251 e. The highest BCUT2D eigenvalue weighted by Gasteiger charge is 2.30. The fraction of sp³-hybridized carbons (Fsp3) is 0.556. The molecule has 2 amide bonds. The van der Waals surface area contributed by atoms with Crippen molar-refractivity contribution < 1.29 is 9.59 Å². The van der Waals surface area contributed by atoms with Crippen molar-refractivity contribution >= 4 is 11.8 Å². The van der Waals surface area contributed by atoms with E-state index in [1.54, 1.807) is 12.1 Å². The number of hydrogen-bond acceptors (Lipinski definition) is 3. The first-order valence-electron chi connectivity index (χ1n) is 8.42. The summed E-state index contributed by atoms with van der Waals surface area (Å²) in [5, 5.41) is 5.76. The van der Waals surface area contributed by atoms with E-state index >= 15 is 0 Å². The van der Waals surface area contributed by atoms with Crippen molar-refractivity contribution in [3.05, 3.63) is 35.9 Å². The molecule has 2 rings (SSSR count). The van der Waals surface area contributed by atoms with Crippen LogP contribution in [0.5, 0.6) is 0 Å². The van der Waals surface area contributed by atoms with E-state index in [-0.39, 0.29) is 23.8 Å². The van der Waals surface area contributed by atoms with Crippen LogP contribution in [0.15, 0.2) is 30.3 Å². The Bertz CT molecular complexity index is 528. The molecule has 1 aromatic rings. The van der Waals surface area contributed by atoms with E-state index in [4.69, 9.17) is 5.73 Å². The molecule has 4 N–H and O–H groups in total. The summed E-state index contributed by atoms with van der Waals surface area (Å²) >= 11 is 0. The van der Waals surface area contributed by atoms with Gasteiger partial charge in [0.2, 0.25) is 5.91 Å². The molecule has 0 heterocycles. The van der Waals surface area contributed by atoms with E-state index in [9.17, 15) is 9.59 Å². The molecule has 1 fully saturated rings. The normalized spacial score (nSPS) is 17.9. The maximum Gasteiger partial charge on any atom is 0.251 e. The third-order valence-corrected chi connectivity index (χ3v) is 4.56. The molecule has 1 aliphatic carbocycles. The zero-order chi connectivity index (χ0) is 16.8. The predicted octanol–water partition coefficient (Wildman–Crippen LogP) is 1.68. The number of nitrogens with two attached hydrogens (primary N) is 1. The van der Waals surface area contributed by atoms with E-state index < -0.39 is 6.04 Å². The third-order valence-electron chi connectivity index (χ3n) is 4.56. The summed E-state index contributed by atoms with van der Waals surface area (Å²) in [5.74, 6) is 0.216. The van der Waals surface area contributed by atoms with Crippen LogP contribution in [0.4, 0.5) is 0 Å². The average Bonchev–Trinajstić information content (AvgIpc) is 3.42. The predicted molar refractivity (Wildman–Crippen MR) is 90.9 cm³/mol. The monoisotopic (exact) mass is 317 g/mol. The van der Waals surface area contributed by atoms with Crippen LogP contribution < -0.4 is 16.4 Å². The first-order valence-corrected chi connectivity index (χ1v) is 8.42. The summed E-state index contributed by atoms with van der Waals surface area (Å²) in [6, 6.07) is 8.42. The Balaban J connectivity index is 1.95. The van der Waals surface area contributed by atoms with Crippen LogP contribution in [0, 0.1) is 11.8 Å². The summed E-state index contributed by atoms with van der Waals surface area (Å²) in [5.41, 5.74) is 6.58. The molecule has 1 saturated carbocycles. The van der Waals surface area contributed by atoms with E-state index in [0.29, 0.717) is 18.0 Å². The van der Waals surface area contributed by atoms with Crippen molar-refractivity contribution in [2.75, 3.05) is 6.54 Å². The molecule has 0 spiro atoms. The minimum atomic E-state index is -0.542. The number of carbonyl (C=O) groups is 2. The van der Waals surface area contributed by atoms with Gasteiger partial charge >= 0.3 is 0 Å². The number of carbonyl (C=O) groups excluding carboxylic acids is 2. The molecular weight excluding hydrogens is 290 g/mol. The van der Waals surface area contributed by atoms with Crippen LogP contribution in [0.3, 0.4) is 0 Å². The summed E-state index contributed by atoms with van der Waals surface area (Å²) in [6.07, 6.45) is 3.11. The van der Waals surface area contributed by atoms with E-state index in [1.165, 1.54) is 0 Å². The topological polar surface area (TPSA) is 84.2 Å². The van der Waals surface area contributed by atoms with Crippen LogP contribution in [-0.2, 0) is 4.79 Å². The van der Waals surface area contributed by atoms with Crippen LogP contribution in [-0.4, -0.2) is 30.4 Å². The lowest BCUT2D eigenvalue weighted by Gasteiger charge is -2.24. The molecule has 0 radical (unpaired) electrons. The van der Waals surface area contributed by atoms with E-state index in [1.807, 2.05) is 32.0 Å². The molecular formula is C18H27N3O2. The number of rotatable bonds is 8. The highest BCUT2D eigenvalue weighted by molar-refractivity contribution is 5.97. The minimum Gasteiger partial charge on any atom is -0.353 e. The number of hydrogen-bond donors (Lipinski definition) is 3. The Morgan fingerprint density at radius 3 is 2.48 bits per heavy atom. The van der Waals surface area contributed by atoms with Crippen LogP contribution in [0.1, 0.15) is 43.5 Å². The van der Waals surface area contributed by atoms with Gasteiger partial charge < -0.3 is 16.4 Å². The van der Waals surface area contributed by atoms with Gasteiger partial charge in [-0.3, -0.25) is 9.59 Å². The standard InChI is InChI=1S/C18H27N3O2/c1-3-12(2)16(18(23)20-11-15(19)13-9-10-13)21-17(22)14-7-5-4-6-8-14/h4-8,12-13,15-16H,3,9-11,19H2,1-2H3,(H,20,23)(H,21,22). The third kappa shape index (κ3) is 5.06. The number of amides is 2. The molecule has 0 saturated heterocycles. The van der Waals surface area contributed by atoms with Crippen LogP contribution >= 0.6 is 0 Å². The summed E-state index contributed by atoms with van der Waals surface area (Å²) in [7, 11) is 0. The second-order valence-corrected chi connectivity index (χ2v) is 6.45. The highest BCUT2D eigenvalue weighted by Crippen LogP contribution is 2.31. The van der Waals surface area contributed by atoms with Gasteiger partial charge in [-0.25, -0.2) is 0 Å². The molecule has 1 aliphatic rings. The maximum atomic E-state index is 12.5. The number of benzene rings is 1. The Hall–Kier alpha value is -1.88. The second-order valence-electron chi connectivity index (χ2n) is 6.45. The van der Waals surface area contributed by atoms with Gasteiger partial charge in [0.25, 0.3) is 5.91 Å². The van der Waals surface area contributed by atoms with Crippen LogP contribution in [0.2, 0.25) is 0 Å². The second kappa shape index (κ2) is 8.11. The number of nitrogens with one attached hydrogen (secondary N) is 2. The van der Waals surface area contributed by atoms with Crippen molar-refractivity contribution in [1.29, 1.82) is 0 Å². The molecule has 5 nitrogen and oxygen atoms in total. The van der Waals surface area contributed by atoms with Crippen molar-refractivity contribution in [2.24, 2.45) is 17.6 Å². The van der Waals surface area contributed by atoms with Gasteiger partial charge in [-0.05, 0) is 36.8 Å². The molecule has 3 unspecified atom stereocenters. The van der Waals surface area contributed by atoms with Crippen LogP contribution in [0.25, 0.3) is 0 Å². The lowest BCUT2D eigenvalue weighted by molar-refractivity contribution is -0.124. The Morgan fingerprint density at radius 1 is 1.26 bits per heavy atom. The Morgan fingerprint density at radius 2 is 1.91 bits per heavy atom. The largest absolute Gasteiger partial charge is 0.353 e. The van der Waals surface area contributed by atoms with Gasteiger partial charge in [0, 0.05) is 18.2 Å². The van der Waals surface area contributed by atoms with E-state index in [0.717, 1.165) is 19.3 Å². The Kier molecular flexibility index (Phi) is 6.16. The first kappa shape index (κ1) is 17.5. The van der Waals surface area contributed by atoms with Crippen molar-refractivity contribution in [3.8, 4) is 0 Å². The fourth-order valence-corrected chi connectivity index (χ4v) is 2.54. The van der Waals surface area contributed by atoms with Gasteiger partial charge in [-0.1, -0.05) is 38.5 Å². The highest BCUT2D eigenvalue weighted by atomic mass is 16.2.